The topological polar surface area (TPSA) is 87.9 Å². The van der Waals surface area contributed by atoms with E-state index in [-0.39, 0.29) is 35.1 Å². The van der Waals surface area contributed by atoms with Gasteiger partial charge in [0.1, 0.15) is 18.8 Å². The van der Waals surface area contributed by atoms with Crippen molar-refractivity contribution in [2.24, 2.45) is 0 Å². The van der Waals surface area contributed by atoms with Crippen LogP contribution in [0.1, 0.15) is 17.3 Å². The highest BCUT2D eigenvalue weighted by atomic mass is 16.6. The molecule has 1 heterocycles. The van der Waals surface area contributed by atoms with Crippen molar-refractivity contribution >= 4 is 11.5 Å². The summed E-state index contributed by atoms with van der Waals surface area (Å²) in [5, 5.41) is 11.0. The summed E-state index contributed by atoms with van der Waals surface area (Å²) in [5.41, 5.74) is -0.431. The van der Waals surface area contributed by atoms with E-state index >= 15 is 0 Å². The minimum atomic E-state index is -0.641. The molecule has 1 aliphatic heterocycles. The van der Waals surface area contributed by atoms with Crippen molar-refractivity contribution in [1.82, 2.24) is 0 Å². The zero-order valence-electron chi connectivity index (χ0n) is 9.89. The highest BCUT2D eigenvalue weighted by Crippen LogP contribution is 2.46. The molecule has 1 aliphatic rings. The van der Waals surface area contributed by atoms with E-state index in [1.54, 1.807) is 0 Å². The summed E-state index contributed by atoms with van der Waals surface area (Å²) in [7, 11) is 1.37. The van der Waals surface area contributed by atoms with Crippen LogP contribution in [0.25, 0.3) is 0 Å². The van der Waals surface area contributed by atoms with E-state index in [0.29, 0.717) is 6.61 Å². The van der Waals surface area contributed by atoms with Crippen LogP contribution in [0.15, 0.2) is 6.07 Å². The highest BCUT2D eigenvalue weighted by Gasteiger charge is 2.31. The van der Waals surface area contributed by atoms with Crippen LogP contribution in [-0.2, 0) is 0 Å². The number of carbonyl (C=O) groups excluding carboxylic acids is 1. The molecule has 0 saturated heterocycles. The van der Waals surface area contributed by atoms with Crippen LogP contribution in [0, 0.1) is 10.1 Å². The Kier molecular flexibility index (Phi) is 3.05. The predicted molar refractivity (Wildman–Crippen MR) is 60.6 cm³/mol. The molecule has 0 amide bonds. The lowest BCUT2D eigenvalue weighted by molar-refractivity contribution is -0.385. The van der Waals surface area contributed by atoms with Crippen molar-refractivity contribution in [2.75, 3.05) is 20.3 Å². The average Bonchev–Trinajstić information content (AvgIpc) is 2.36. The van der Waals surface area contributed by atoms with E-state index in [2.05, 4.69) is 0 Å². The van der Waals surface area contributed by atoms with E-state index in [1.165, 1.54) is 20.1 Å². The highest BCUT2D eigenvalue weighted by molar-refractivity contribution is 6.02. The maximum Gasteiger partial charge on any atom is 0.287 e. The fourth-order valence-electron chi connectivity index (χ4n) is 1.80. The first kappa shape index (κ1) is 12.2. The number of hydrogen-bond acceptors (Lipinski definition) is 6. The first-order valence-electron chi connectivity index (χ1n) is 5.22. The van der Waals surface area contributed by atoms with Gasteiger partial charge in [0, 0.05) is 0 Å². The molecule has 18 heavy (non-hydrogen) atoms. The van der Waals surface area contributed by atoms with Crippen LogP contribution in [0.4, 0.5) is 5.69 Å². The van der Waals surface area contributed by atoms with Crippen molar-refractivity contribution < 1.29 is 23.9 Å². The van der Waals surface area contributed by atoms with Crippen molar-refractivity contribution in [1.29, 1.82) is 0 Å². The van der Waals surface area contributed by atoms with Gasteiger partial charge in [-0.1, -0.05) is 0 Å². The Bertz CT molecular complexity index is 525. The monoisotopic (exact) mass is 253 g/mol. The Morgan fingerprint density at radius 2 is 2.00 bits per heavy atom. The maximum absolute atomic E-state index is 11.6. The number of hydrogen-bond donors (Lipinski definition) is 0. The van der Waals surface area contributed by atoms with Gasteiger partial charge in [0.2, 0.25) is 5.75 Å². The molecule has 0 N–H and O–H groups in total. The number of nitro groups is 1. The number of ketones is 1. The van der Waals surface area contributed by atoms with Crippen LogP contribution in [0.5, 0.6) is 17.2 Å². The summed E-state index contributed by atoms with van der Waals surface area (Å²) in [6.45, 7) is 1.78. The molecule has 1 aromatic carbocycles. The van der Waals surface area contributed by atoms with Gasteiger partial charge < -0.3 is 14.2 Å². The van der Waals surface area contributed by atoms with Gasteiger partial charge in [0.15, 0.2) is 17.3 Å². The molecular formula is C11H11NO6. The van der Waals surface area contributed by atoms with Gasteiger partial charge >= 0.3 is 0 Å². The Balaban J connectivity index is 2.76. The molecule has 0 atom stereocenters. The van der Waals surface area contributed by atoms with Gasteiger partial charge in [-0.25, -0.2) is 0 Å². The second kappa shape index (κ2) is 4.52. The Hall–Kier alpha value is -2.31. The SMILES string of the molecule is COc1cc([N+](=O)[O-])c(C(C)=O)c2c1OCCO2. The summed E-state index contributed by atoms with van der Waals surface area (Å²) >= 11 is 0. The van der Waals surface area contributed by atoms with Crippen LogP contribution < -0.4 is 14.2 Å². The molecule has 0 spiro atoms. The van der Waals surface area contributed by atoms with Gasteiger partial charge in [0.25, 0.3) is 5.69 Å². The smallest absolute Gasteiger partial charge is 0.287 e. The number of carbonyl (C=O) groups is 1. The average molecular weight is 253 g/mol. The molecular weight excluding hydrogens is 242 g/mol. The van der Waals surface area contributed by atoms with Crippen LogP contribution in [-0.4, -0.2) is 31.0 Å². The first-order valence-corrected chi connectivity index (χ1v) is 5.22. The number of nitrogens with zero attached hydrogens (tertiary/aromatic N) is 1. The molecule has 7 heteroatoms. The van der Waals surface area contributed by atoms with Crippen molar-refractivity contribution in [3.63, 3.8) is 0 Å². The number of nitro benzene ring substituents is 1. The quantitative estimate of drug-likeness (QED) is 0.461. The zero-order chi connectivity index (χ0) is 13.3. The standard InChI is InChI=1S/C11H11NO6/c1-6(13)9-7(12(14)15)5-8(16-2)10-11(9)18-4-3-17-10/h5H,3-4H2,1-2H3. The van der Waals surface area contributed by atoms with Gasteiger partial charge in [-0.3, -0.25) is 14.9 Å². The molecule has 0 radical (unpaired) electrons. The lowest BCUT2D eigenvalue weighted by Crippen LogP contribution is -2.19. The van der Waals surface area contributed by atoms with Gasteiger partial charge in [-0.2, -0.15) is 0 Å². The second-order valence-corrected chi connectivity index (χ2v) is 3.64. The Morgan fingerprint density at radius 1 is 1.39 bits per heavy atom. The van der Waals surface area contributed by atoms with Gasteiger partial charge in [-0.15, -0.1) is 0 Å². The normalized spacial score (nSPS) is 13.0. The van der Waals surface area contributed by atoms with Gasteiger partial charge in [0.05, 0.1) is 18.1 Å². The van der Waals surface area contributed by atoms with Crippen LogP contribution >= 0.6 is 0 Å². The molecule has 96 valence electrons. The molecule has 7 nitrogen and oxygen atoms in total. The number of benzene rings is 1. The lowest BCUT2D eigenvalue weighted by Gasteiger charge is -2.22. The first-order chi connectivity index (χ1) is 8.56. The largest absolute Gasteiger partial charge is 0.492 e. The van der Waals surface area contributed by atoms with Crippen LogP contribution in [0.3, 0.4) is 0 Å². The van der Waals surface area contributed by atoms with Gasteiger partial charge in [-0.05, 0) is 6.92 Å². The molecule has 0 aliphatic carbocycles. The summed E-state index contributed by atoms with van der Waals surface area (Å²) in [4.78, 5) is 21.9. The fourth-order valence-corrected chi connectivity index (χ4v) is 1.80. The van der Waals surface area contributed by atoms with E-state index < -0.39 is 10.7 Å². The Labute approximate surface area is 102 Å². The summed E-state index contributed by atoms with van der Waals surface area (Å²) in [6.07, 6.45) is 0. The minimum Gasteiger partial charge on any atom is -0.492 e. The number of methoxy groups -OCH3 is 1. The molecule has 1 aromatic rings. The predicted octanol–water partition coefficient (Wildman–Crippen LogP) is 1.58. The number of Topliss-reactive ketones (excluding diaryl/α,β-unsaturated/α-hetero) is 1. The van der Waals surface area contributed by atoms with E-state index in [1.807, 2.05) is 0 Å². The number of fused-ring (bicyclic) bond motifs is 1. The molecule has 0 unspecified atom stereocenters. The third-order valence-electron chi connectivity index (χ3n) is 2.53. The summed E-state index contributed by atoms with van der Waals surface area (Å²) < 4.78 is 15.7. The summed E-state index contributed by atoms with van der Waals surface area (Å²) in [5.74, 6) is 0.0480. The molecule has 0 bridgehead atoms. The molecule has 0 aromatic heterocycles. The third kappa shape index (κ3) is 1.83. The number of ether oxygens (including phenoxy) is 3. The van der Waals surface area contributed by atoms with Crippen molar-refractivity contribution in [3.05, 3.63) is 21.7 Å². The Morgan fingerprint density at radius 3 is 2.50 bits per heavy atom. The number of rotatable bonds is 3. The minimum absolute atomic E-state index is 0.0831. The molecule has 2 rings (SSSR count). The van der Waals surface area contributed by atoms with E-state index in [4.69, 9.17) is 14.2 Å². The van der Waals surface area contributed by atoms with Crippen molar-refractivity contribution in [3.8, 4) is 17.2 Å². The summed E-state index contributed by atoms with van der Waals surface area (Å²) in [6, 6.07) is 1.17. The lowest BCUT2D eigenvalue weighted by atomic mass is 10.1. The van der Waals surface area contributed by atoms with Crippen LogP contribution in [0.2, 0.25) is 0 Å². The molecule has 0 fully saturated rings. The fraction of sp³-hybridized carbons (Fsp3) is 0.364. The van der Waals surface area contributed by atoms with E-state index in [0.717, 1.165) is 0 Å². The third-order valence-corrected chi connectivity index (χ3v) is 2.53. The molecule has 0 saturated carbocycles. The van der Waals surface area contributed by atoms with E-state index in [9.17, 15) is 14.9 Å². The zero-order valence-corrected chi connectivity index (χ0v) is 9.89. The maximum atomic E-state index is 11.6. The second-order valence-electron chi connectivity index (χ2n) is 3.64. The van der Waals surface area contributed by atoms with Crippen molar-refractivity contribution in [2.45, 2.75) is 6.92 Å².